The summed E-state index contributed by atoms with van der Waals surface area (Å²) in [4.78, 5) is 12.8. The van der Waals surface area contributed by atoms with E-state index in [1.54, 1.807) is 13.1 Å². The first kappa shape index (κ1) is 23.1. The second-order valence-corrected chi connectivity index (χ2v) is 9.18. The van der Waals surface area contributed by atoms with Crippen molar-refractivity contribution in [1.29, 1.82) is 0 Å². The number of carbonyl (C=O) groups excluding carboxylic acids is 1. The molecule has 0 saturated heterocycles. The topological polar surface area (TPSA) is 69.6 Å². The Labute approximate surface area is 175 Å². The van der Waals surface area contributed by atoms with E-state index in [0.717, 1.165) is 37.7 Å². The van der Waals surface area contributed by atoms with Gasteiger partial charge in [0, 0.05) is 18.5 Å². The van der Waals surface area contributed by atoms with Crippen LogP contribution in [0.3, 0.4) is 0 Å². The van der Waals surface area contributed by atoms with E-state index in [1.807, 2.05) is 6.92 Å². The standard InChI is InChI=1S/C25H37NO3/c1-8-9-12-25(5,6)19-14-20(27)21(23(28)22(19)24(29)26-7)18-13-16(4)10-11-17(18)15(2)3/h13-14,17-18,27-28H,2,8-12H2,1,3-7H3,(H,26,29)/t17-,18+/m0/s1. The van der Waals surface area contributed by atoms with Gasteiger partial charge in [-0.15, -0.1) is 0 Å². The maximum Gasteiger partial charge on any atom is 0.255 e. The molecule has 1 aliphatic rings. The first-order valence-corrected chi connectivity index (χ1v) is 10.7. The van der Waals surface area contributed by atoms with Gasteiger partial charge in [-0.2, -0.15) is 0 Å². The first-order valence-electron chi connectivity index (χ1n) is 10.7. The molecule has 2 rings (SSSR count). The van der Waals surface area contributed by atoms with Gasteiger partial charge in [0.2, 0.25) is 0 Å². The average Bonchev–Trinajstić information content (AvgIpc) is 2.65. The molecular weight excluding hydrogens is 362 g/mol. The summed E-state index contributed by atoms with van der Waals surface area (Å²) in [5, 5.41) is 25.0. The highest BCUT2D eigenvalue weighted by Crippen LogP contribution is 2.49. The van der Waals surface area contributed by atoms with Gasteiger partial charge in [0.25, 0.3) is 5.91 Å². The van der Waals surface area contributed by atoms with Gasteiger partial charge < -0.3 is 15.5 Å². The molecule has 1 aromatic carbocycles. The second kappa shape index (κ2) is 9.06. The van der Waals surface area contributed by atoms with E-state index < -0.39 is 0 Å². The summed E-state index contributed by atoms with van der Waals surface area (Å²) in [5.41, 5.74) is 3.29. The van der Waals surface area contributed by atoms with Crippen molar-refractivity contribution in [2.24, 2.45) is 5.92 Å². The Kier molecular flexibility index (Phi) is 7.20. The number of nitrogens with one attached hydrogen (secondary N) is 1. The maximum atomic E-state index is 12.8. The zero-order valence-corrected chi connectivity index (χ0v) is 18.9. The van der Waals surface area contributed by atoms with Gasteiger partial charge in [0.1, 0.15) is 11.5 Å². The van der Waals surface area contributed by atoms with Crippen LogP contribution in [0.4, 0.5) is 0 Å². The Morgan fingerprint density at radius 1 is 1.34 bits per heavy atom. The molecule has 29 heavy (non-hydrogen) atoms. The van der Waals surface area contributed by atoms with Gasteiger partial charge >= 0.3 is 0 Å². The fourth-order valence-corrected chi connectivity index (χ4v) is 4.55. The van der Waals surface area contributed by atoms with Crippen LogP contribution < -0.4 is 5.32 Å². The number of benzene rings is 1. The summed E-state index contributed by atoms with van der Waals surface area (Å²) in [6, 6.07) is 1.70. The molecule has 0 unspecified atom stereocenters. The minimum absolute atomic E-state index is 0.0527. The Morgan fingerprint density at radius 3 is 2.55 bits per heavy atom. The molecule has 0 aliphatic heterocycles. The van der Waals surface area contributed by atoms with Crippen LogP contribution in [0.1, 0.15) is 94.1 Å². The molecule has 2 atom stereocenters. The Morgan fingerprint density at radius 2 is 2.00 bits per heavy atom. The molecule has 0 spiro atoms. The molecule has 0 saturated carbocycles. The van der Waals surface area contributed by atoms with Gasteiger partial charge in [-0.05, 0) is 56.1 Å². The lowest BCUT2D eigenvalue weighted by Crippen LogP contribution is -2.27. The number of hydrogen-bond acceptors (Lipinski definition) is 3. The number of aromatic hydroxyl groups is 2. The van der Waals surface area contributed by atoms with E-state index in [-0.39, 0.29) is 40.2 Å². The van der Waals surface area contributed by atoms with E-state index in [0.29, 0.717) is 11.1 Å². The molecule has 3 N–H and O–H groups in total. The number of phenols is 2. The number of unbranched alkanes of at least 4 members (excludes halogenated alkanes) is 1. The van der Waals surface area contributed by atoms with Crippen molar-refractivity contribution in [1.82, 2.24) is 5.32 Å². The van der Waals surface area contributed by atoms with Crippen molar-refractivity contribution in [3.63, 3.8) is 0 Å². The van der Waals surface area contributed by atoms with Gasteiger partial charge in [-0.25, -0.2) is 0 Å². The smallest absolute Gasteiger partial charge is 0.255 e. The second-order valence-electron chi connectivity index (χ2n) is 9.18. The number of amides is 1. The van der Waals surface area contributed by atoms with Crippen LogP contribution in [0, 0.1) is 5.92 Å². The van der Waals surface area contributed by atoms with Gasteiger partial charge in [-0.1, -0.05) is 57.4 Å². The third-order valence-electron chi connectivity index (χ3n) is 6.37. The SMILES string of the molecule is C=C(C)[C@@H]1CCC(C)=C[C@H]1c1c(O)cc(C(C)(C)CCCC)c(C(=O)NC)c1O. The summed E-state index contributed by atoms with van der Waals surface area (Å²) >= 11 is 0. The molecule has 1 aliphatic carbocycles. The summed E-state index contributed by atoms with van der Waals surface area (Å²) in [6.45, 7) is 14.4. The van der Waals surface area contributed by atoms with Crippen LogP contribution in [-0.4, -0.2) is 23.2 Å². The van der Waals surface area contributed by atoms with Crippen molar-refractivity contribution in [2.45, 2.75) is 78.1 Å². The van der Waals surface area contributed by atoms with Crippen molar-refractivity contribution in [3.8, 4) is 11.5 Å². The molecule has 1 aromatic rings. The number of carbonyl (C=O) groups is 1. The van der Waals surface area contributed by atoms with Crippen LogP contribution in [-0.2, 0) is 5.41 Å². The molecule has 1 amide bonds. The molecule has 0 heterocycles. The molecule has 4 heteroatoms. The van der Waals surface area contributed by atoms with E-state index >= 15 is 0 Å². The third-order valence-corrected chi connectivity index (χ3v) is 6.37. The number of hydrogen-bond donors (Lipinski definition) is 3. The highest BCUT2D eigenvalue weighted by atomic mass is 16.3. The van der Waals surface area contributed by atoms with Gasteiger partial charge in [0.15, 0.2) is 0 Å². The van der Waals surface area contributed by atoms with Crippen LogP contribution in [0.2, 0.25) is 0 Å². The van der Waals surface area contributed by atoms with E-state index in [2.05, 4.69) is 45.7 Å². The lowest BCUT2D eigenvalue weighted by Gasteiger charge is -2.34. The molecular formula is C25H37NO3. The Bertz CT molecular complexity index is 820. The fraction of sp³-hybridized carbons (Fsp3) is 0.560. The first-order chi connectivity index (χ1) is 13.5. The summed E-state index contributed by atoms with van der Waals surface area (Å²) in [7, 11) is 1.57. The van der Waals surface area contributed by atoms with Crippen molar-refractivity contribution < 1.29 is 15.0 Å². The van der Waals surface area contributed by atoms with E-state index in [4.69, 9.17) is 0 Å². The van der Waals surface area contributed by atoms with Crippen molar-refractivity contribution in [3.05, 3.63) is 46.6 Å². The molecule has 4 nitrogen and oxygen atoms in total. The number of allylic oxidation sites excluding steroid dienone is 3. The fourth-order valence-electron chi connectivity index (χ4n) is 4.55. The summed E-state index contributed by atoms with van der Waals surface area (Å²) in [6.07, 6.45) is 6.91. The average molecular weight is 400 g/mol. The number of rotatable bonds is 7. The molecule has 0 aromatic heterocycles. The van der Waals surface area contributed by atoms with Gasteiger partial charge in [0.05, 0.1) is 5.56 Å². The quantitative estimate of drug-likeness (QED) is 0.497. The minimum atomic E-state index is -0.350. The van der Waals surface area contributed by atoms with E-state index in [1.165, 1.54) is 5.57 Å². The zero-order valence-electron chi connectivity index (χ0n) is 18.9. The Hall–Kier alpha value is -2.23. The minimum Gasteiger partial charge on any atom is -0.507 e. The predicted molar refractivity (Wildman–Crippen MR) is 120 cm³/mol. The molecule has 0 radical (unpaired) electrons. The zero-order chi connectivity index (χ0) is 21.9. The lowest BCUT2D eigenvalue weighted by molar-refractivity contribution is 0.0957. The predicted octanol–water partition coefficient (Wildman–Crippen LogP) is 5.94. The molecule has 0 fully saturated rings. The van der Waals surface area contributed by atoms with Crippen LogP contribution in [0.5, 0.6) is 11.5 Å². The third kappa shape index (κ3) is 4.68. The lowest BCUT2D eigenvalue weighted by atomic mass is 9.71. The highest BCUT2D eigenvalue weighted by molar-refractivity contribution is 5.99. The van der Waals surface area contributed by atoms with Crippen LogP contribution in [0.25, 0.3) is 0 Å². The largest absolute Gasteiger partial charge is 0.507 e. The van der Waals surface area contributed by atoms with Crippen molar-refractivity contribution in [2.75, 3.05) is 7.05 Å². The number of phenolic OH excluding ortho intramolecular Hbond substituents is 2. The van der Waals surface area contributed by atoms with Crippen LogP contribution >= 0.6 is 0 Å². The summed E-state index contributed by atoms with van der Waals surface area (Å²) < 4.78 is 0. The summed E-state index contributed by atoms with van der Waals surface area (Å²) in [5.74, 6) is -0.459. The molecule has 160 valence electrons. The monoisotopic (exact) mass is 399 g/mol. The normalized spacial score (nSPS) is 19.6. The van der Waals surface area contributed by atoms with E-state index in [9.17, 15) is 15.0 Å². The Balaban J connectivity index is 2.75. The maximum absolute atomic E-state index is 12.8. The van der Waals surface area contributed by atoms with Gasteiger partial charge in [-0.3, -0.25) is 4.79 Å². The molecule has 0 bridgehead atoms. The highest BCUT2D eigenvalue weighted by Gasteiger charge is 2.35. The van der Waals surface area contributed by atoms with Crippen LogP contribution in [0.15, 0.2) is 29.9 Å². The van der Waals surface area contributed by atoms with Crippen molar-refractivity contribution >= 4 is 5.91 Å².